The Balaban J connectivity index is 2.71. The van der Waals surface area contributed by atoms with Crippen molar-refractivity contribution in [2.75, 3.05) is 26.8 Å². The van der Waals surface area contributed by atoms with Crippen molar-refractivity contribution >= 4 is 11.9 Å². The van der Waals surface area contributed by atoms with E-state index in [0.717, 1.165) is 30.0 Å². The molecule has 0 spiro atoms. The van der Waals surface area contributed by atoms with Crippen LogP contribution in [0.15, 0.2) is 30.8 Å². The van der Waals surface area contributed by atoms with Crippen LogP contribution in [0.25, 0.3) is 5.70 Å². The summed E-state index contributed by atoms with van der Waals surface area (Å²) in [4.78, 5) is 2.05. The molecule has 0 fully saturated rings. The van der Waals surface area contributed by atoms with Crippen LogP contribution in [0, 0.1) is 5.41 Å². The van der Waals surface area contributed by atoms with Gasteiger partial charge in [0.25, 0.3) is 0 Å². The molecule has 3 nitrogen and oxygen atoms in total. The number of hydrogen-bond acceptors (Lipinski definition) is 3. The van der Waals surface area contributed by atoms with E-state index in [4.69, 9.17) is 10.1 Å². The van der Waals surface area contributed by atoms with Crippen LogP contribution >= 0.6 is 0 Å². The largest absolute Gasteiger partial charge is 0.380 e. The molecule has 0 bridgehead atoms. The average Bonchev–Trinajstić information content (AvgIpc) is 2.38. The predicted octanol–water partition coefficient (Wildman–Crippen LogP) is 2.62. The highest BCUT2D eigenvalue weighted by molar-refractivity contribution is 5.85. The van der Waals surface area contributed by atoms with Crippen molar-refractivity contribution in [2.45, 2.75) is 6.92 Å². The Kier molecular flexibility index (Phi) is 5.43. The third-order valence-electron chi connectivity index (χ3n) is 2.66. The number of hydrogen-bond donors (Lipinski definition) is 1. The summed E-state index contributed by atoms with van der Waals surface area (Å²) in [6, 6.07) is 7.80. The Bertz CT molecular complexity index is 388. The SMILES string of the molecule is C=C(c1ccccc1C=N)N(C)CCOCC. The van der Waals surface area contributed by atoms with Gasteiger partial charge in [0.2, 0.25) is 0 Å². The molecule has 0 aromatic heterocycles. The Labute approximate surface area is 103 Å². The Hall–Kier alpha value is -1.61. The lowest BCUT2D eigenvalue weighted by Crippen LogP contribution is -2.22. The fourth-order valence-electron chi connectivity index (χ4n) is 1.57. The van der Waals surface area contributed by atoms with Gasteiger partial charge < -0.3 is 15.0 Å². The van der Waals surface area contributed by atoms with Crippen LogP contribution in [0.2, 0.25) is 0 Å². The van der Waals surface area contributed by atoms with Gasteiger partial charge in [-0.2, -0.15) is 0 Å². The zero-order valence-electron chi connectivity index (χ0n) is 10.6. The number of benzene rings is 1. The minimum atomic E-state index is 0.693. The molecule has 0 saturated heterocycles. The van der Waals surface area contributed by atoms with Crippen LogP contribution < -0.4 is 0 Å². The van der Waals surface area contributed by atoms with Gasteiger partial charge >= 0.3 is 0 Å². The topological polar surface area (TPSA) is 36.3 Å². The van der Waals surface area contributed by atoms with Crippen LogP contribution in [-0.2, 0) is 4.74 Å². The second-order valence-corrected chi connectivity index (χ2v) is 3.80. The molecule has 17 heavy (non-hydrogen) atoms. The Morgan fingerprint density at radius 3 is 2.82 bits per heavy atom. The first-order valence-corrected chi connectivity index (χ1v) is 5.78. The van der Waals surface area contributed by atoms with E-state index in [0.29, 0.717) is 6.61 Å². The van der Waals surface area contributed by atoms with Gasteiger partial charge in [0.15, 0.2) is 0 Å². The lowest BCUT2D eigenvalue weighted by Gasteiger charge is -2.22. The van der Waals surface area contributed by atoms with E-state index in [-0.39, 0.29) is 0 Å². The van der Waals surface area contributed by atoms with E-state index in [2.05, 4.69) is 11.5 Å². The zero-order valence-corrected chi connectivity index (χ0v) is 10.6. The highest BCUT2D eigenvalue weighted by Crippen LogP contribution is 2.18. The van der Waals surface area contributed by atoms with Gasteiger partial charge in [-0.3, -0.25) is 0 Å². The normalized spacial score (nSPS) is 10.0. The van der Waals surface area contributed by atoms with E-state index in [1.54, 1.807) is 0 Å². The lowest BCUT2D eigenvalue weighted by molar-refractivity contribution is 0.135. The van der Waals surface area contributed by atoms with Crippen molar-refractivity contribution in [3.63, 3.8) is 0 Å². The summed E-state index contributed by atoms with van der Waals surface area (Å²) < 4.78 is 5.32. The van der Waals surface area contributed by atoms with Crippen molar-refractivity contribution in [1.82, 2.24) is 4.90 Å². The second-order valence-electron chi connectivity index (χ2n) is 3.80. The first-order valence-electron chi connectivity index (χ1n) is 5.78. The predicted molar refractivity (Wildman–Crippen MR) is 72.5 cm³/mol. The molecule has 0 aliphatic rings. The van der Waals surface area contributed by atoms with E-state index in [1.807, 2.05) is 38.2 Å². The fourth-order valence-corrected chi connectivity index (χ4v) is 1.57. The average molecular weight is 232 g/mol. The molecule has 1 N–H and O–H groups in total. The maximum Gasteiger partial charge on any atom is 0.0641 e. The summed E-state index contributed by atoms with van der Waals surface area (Å²) in [5.41, 5.74) is 2.81. The number of rotatable bonds is 7. The monoisotopic (exact) mass is 232 g/mol. The smallest absolute Gasteiger partial charge is 0.0641 e. The van der Waals surface area contributed by atoms with Gasteiger partial charge in [0, 0.05) is 43.2 Å². The van der Waals surface area contributed by atoms with Crippen molar-refractivity contribution in [3.05, 3.63) is 42.0 Å². The third kappa shape index (κ3) is 3.71. The summed E-state index contributed by atoms with van der Waals surface area (Å²) in [6.07, 6.45) is 1.36. The summed E-state index contributed by atoms with van der Waals surface area (Å²) in [6.45, 7) is 8.30. The fraction of sp³-hybridized carbons (Fsp3) is 0.357. The minimum Gasteiger partial charge on any atom is -0.380 e. The van der Waals surface area contributed by atoms with Gasteiger partial charge in [-0.1, -0.05) is 30.8 Å². The van der Waals surface area contributed by atoms with Crippen LogP contribution in [0.5, 0.6) is 0 Å². The molecule has 3 heteroatoms. The molecule has 0 amide bonds. The first kappa shape index (κ1) is 13.5. The Morgan fingerprint density at radius 2 is 2.18 bits per heavy atom. The summed E-state index contributed by atoms with van der Waals surface area (Å²) in [5.74, 6) is 0. The van der Waals surface area contributed by atoms with Crippen molar-refractivity contribution in [1.29, 1.82) is 5.41 Å². The first-order chi connectivity index (χ1) is 8.20. The molecule has 0 saturated carbocycles. The molecular formula is C14H20N2O. The molecule has 1 rings (SSSR count). The highest BCUT2D eigenvalue weighted by atomic mass is 16.5. The van der Waals surface area contributed by atoms with E-state index in [1.165, 1.54) is 6.21 Å². The van der Waals surface area contributed by atoms with Crippen LogP contribution in [0.4, 0.5) is 0 Å². The minimum absolute atomic E-state index is 0.693. The van der Waals surface area contributed by atoms with Crippen molar-refractivity contribution in [2.24, 2.45) is 0 Å². The van der Waals surface area contributed by atoms with Crippen molar-refractivity contribution in [3.8, 4) is 0 Å². The third-order valence-corrected chi connectivity index (χ3v) is 2.66. The molecule has 1 aromatic rings. The molecule has 92 valence electrons. The molecular weight excluding hydrogens is 212 g/mol. The van der Waals surface area contributed by atoms with Gasteiger partial charge in [0.05, 0.1) is 6.61 Å². The second kappa shape index (κ2) is 6.86. The maximum absolute atomic E-state index is 7.38. The molecule has 0 heterocycles. The molecule has 0 unspecified atom stereocenters. The van der Waals surface area contributed by atoms with Gasteiger partial charge in [0.1, 0.15) is 0 Å². The molecule has 0 aliphatic carbocycles. The van der Waals surface area contributed by atoms with Crippen LogP contribution in [-0.4, -0.2) is 37.9 Å². The van der Waals surface area contributed by atoms with Gasteiger partial charge in [-0.25, -0.2) is 0 Å². The zero-order chi connectivity index (χ0) is 12.7. The molecule has 1 aromatic carbocycles. The van der Waals surface area contributed by atoms with Crippen molar-refractivity contribution < 1.29 is 4.74 Å². The standard InChI is InChI=1S/C14H20N2O/c1-4-17-10-9-16(3)12(2)14-8-6-5-7-13(14)11-15/h5-8,11,15H,2,4,9-10H2,1,3H3. The highest BCUT2D eigenvalue weighted by Gasteiger charge is 2.07. The summed E-state index contributed by atoms with van der Waals surface area (Å²) >= 11 is 0. The summed E-state index contributed by atoms with van der Waals surface area (Å²) in [7, 11) is 1.99. The number of nitrogens with zero attached hydrogens (tertiary/aromatic N) is 1. The summed E-state index contributed by atoms with van der Waals surface area (Å²) in [5, 5.41) is 7.38. The number of nitrogens with one attached hydrogen (secondary N) is 1. The number of ether oxygens (including phenoxy) is 1. The molecule has 0 atom stereocenters. The molecule has 0 aliphatic heterocycles. The Morgan fingerprint density at radius 1 is 1.47 bits per heavy atom. The van der Waals surface area contributed by atoms with Gasteiger partial charge in [-0.05, 0) is 6.92 Å². The van der Waals surface area contributed by atoms with Crippen LogP contribution in [0.1, 0.15) is 18.1 Å². The van der Waals surface area contributed by atoms with E-state index in [9.17, 15) is 0 Å². The molecule has 0 radical (unpaired) electrons. The van der Waals surface area contributed by atoms with E-state index < -0.39 is 0 Å². The quantitative estimate of drug-likeness (QED) is 0.579. The van der Waals surface area contributed by atoms with Gasteiger partial charge in [-0.15, -0.1) is 0 Å². The maximum atomic E-state index is 7.38. The van der Waals surface area contributed by atoms with Crippen LogP contribution in [0.3, 0.4) is 0 Å². The lowest BCUT2D eigenvalue weighted by atomic mass is 10.1. The number of likely N-dealkylation sites (N-methyl/N-ethyl adjacent to an activating group) is 1. The van der Waals surface area contributed by atoms with E-state index >= 15 is 0 Å².